The van der Waals surface area contributed by atoms with Crippen LogP contribution in [0.4, 0.5) is 13.2 Å². The van der Waals surface area contributed by atoms with Gasteiger partial charge in [0.25, 0.3) is 0 Å². The molecule has 1 amide bonds. The van der Waals surface area contributed by atoms with Crippen LogP contribution in [0.3, 0.4) is 0 Å². The number of aryl methyl sites for hydroxylation is 1. The summed E-state index contributed by atoms with van der Waals surface area (Å²) in [7, 11) is 0. The molecule has 1 aromatic carbocycles. The van der Waals surface area contributed by atoms with Crippen molar-refractivity contribution in [3.05, 3.63) is 35.7 Å². The largest absolute Gasteiger partial charge is 0.420 e. The summed E-state index contributed by atoms with van der Waals surface area (Å²) in [4.78, 5) is 13.6. The lowest BCUT2D eigenvalue weighted by Gasteiger charge is -2.41. The van der Waals surface area contributed by atoms with Crippen LogP contribution in [0.15, 0.2) is 28.7 Å². The lowest BCUT2D eigenvalue weighted by atomic mass is 9.75. The number of hydrogen-bond donors (Lipinski definition) is 0. The number of rotatable bonds is 4. The molecule has 1 aromatic heterocycles. The van der Waals surface area contributed by atoms with Crippen molar-refractivity contribution in [2.45, 2.75) is 51.6 Å². The van der Waals surface area contributed by atoms with Gasteiger partial charge in [-0.3, -0.25) is 4.79 Å². The second kappa shape index (κ2) is 7.39. The van der Waals surface area contributed by atoms with Gasteiger partial charge in [-0.2, -0.15) is 13.2 Å². The van der Waals surface area contributed by atoms with Crippen molar-refractivity contribution in [1.82, 2.24) is 15.1 Å². The summed E-state index contributed by atoms with van der Waals surface area (Å²) in [6.07, 6.45) is -2.03. The fraction of sp³-hybridized carbons (Fsp3) is 0.591. The number of alkyl halides is 3. The molecule has 3 atom stereocenters. The topological polar surface area (TPSA) is 59.2 Å². The Morgan fingerprint density at radius 3 is 2.47 bits per heavy atom. The minimum atomic E-state index is -4.51. The number of hydrogen-bond acceptors (Lipinski definition) is 4. The lowest BCUT2D eigenvalue weighted by Crippen LogP contribution is -2.49. The summed E-state index contributed by atoms with van der Waals surface area (Å²) in [5, 5.41) is 8.56. The van der Waals surface area contributed by atoms with Gasteiger partial charge in [0, 0.05) is 18.7 Å². The van der Waals surface area contributed by atoms with Crippen LogP contribution >= 0.6 is 0 Å². The monoisotopic (exact) mass is 421 g/mol. The van der Waals surface area contributed by atoms with Crippen molar-refractivity contribution in [1.29, 1.82) is 0 Å². The van der Waals surface area contributed by atoms with Gasteiger partial charge in [0.2, 0.25) is 17.7 Å². The zero-order valence-electron chi connectivity index (χ0n) is 17.4. The van der Waals surface area contributed by atoms with E-state index in [9.17, 15) is 18.0 Å². The molecule has 2 aliphatic rings. The Balaban J connectivity index is 1.48. The zero-order chi connectivity index (χ0) is 21.7. The van der Waals surface area contributed by atoms with E-state index in [1.54, 1.807) is 0 Å². The summed E-state index contributed by atoms with van der Waals surface area (Å²) in [5.74, 6) is -1.45. The Kier molecular flexibility index (Phi) is 5.14. The first-order valence-corrected chi connectivity index (χ1v) is 10.4. The Morgan fingerprint density at radius 2 is 1.90 bits per heavy atom. The van der Waals surface area contributed by atoms with Gasteiger partial charge in [0.05, 0.1) is 5.41 Å². The smallest absolute Gasteiger partial charge is 0.400 e. The molecule has 162 valence electrons. The number of nitrogens with zero attached hydrogens (tertiary/aromatic N) is 3. The van der Waals surface area contributed by atoms with E-state index in [1.165, 1.54) is 4.90 Å². The molecule has 0 radical (unpaired) electrons. The fourth-order valence-electron chi connectivity index (χ4n) is 4.70. The molecule has 1 saturated heterocycles. The zero-order valence-corrected chi connectivity index (χ0v) is 17.4. The molecule has 1 aliphatic heterocycles. The number of piperidine rings is 1. The Morgan fingerprint density at radius 1 is 1.23 bits per heavy atom. The van der Waals surface area contributed by atoms with E-state index in [4.69, 9.17) is 4.42 Å². The molecule has 4 rings (SSSR count). The summed E-state index contributed by atoms with van der Waals surface area (Å²) >= 11 is 0. The van der Waals surface area contributed by atoms with Crippen LogP contribution < -0.4 is 0 Å². The van der Waals surface area contributed by atoms with Crippen LogP contribution in [0.1, 0.15) is 44.6 Å². The highest BCUT2D eigenvalue weighted by Crippen LogP contribution is 2.58. The average Bonchev–Trinajstić information content (AvgIpc) is 3.35. The second-order valence-corrected chi connectivity index (χ2v) is 8.85. The maximum atomic E-state index is 12.9. The first kappa shape index (κ1) is 20.9. The highest BCUT2D eigenvalue weighted by atomic mass is 19.4. The third kappa shape index (κ3) is 3.72. The Labute approximate surface area is 173 Å². The first-order chi connectivity index (χ1) is 14.1. The van der Waals surface area contributed by atoms with E-state index in [0.29, 0.717) is 31.3 Å². The molecule has 8 heteroatoms. The van der Waals surface area contributed by atoms with Gasteiger partial charge in [-0.25, -0.2) is 0 Å². The minimum Gasteiger partial charge on any atom is -0.420 e. The van der Waals surface area contributed by atoms with Crippen molar-refractivity contribution >= 4 is 5.91 Å². The van der Waals surface area contributed by atoms with Crippen LogP contribution in [-0.4, -0.2) is 40.3 Å². The van der Waals surface area contributed by atoms with Gasteiger partial charge >= 0.3 is 6.18 Å². The average molecular weight is 421 g/mol. The van der Waals surface area contributed by atoms with Crippen molar-refractivity contribution in [2.24, 2.45) is 17.8 Å². The highest BCUT2D eigenvalue weighted by molar-refractivity contribution is 5.79. The van der Waals surface area contributed by atoms with E-state index in [1.807, 2.05) is 38.1 Å². The van der Waals surface area contributed by atoms with Gasteiger partial charge in [-0.05, 0) is 57.1 Å². The lowest BCUT2D eigenvalue weighted by molar-refractivity contribution is -0.187. The molecule has 1 aliphatic carbocycles. The summed E-state index contributed by atoms with van der Waals surface area (Å²) < 4.78 is 44.9. The molecule has 5 nitrogen and oxygen atoms in total. The third-order valence-electron chi connectivity index (χ3n) is 6.73. The maximum absolute atomic E-state index is 12.9. The molecule has 0 N–H and O–H groups in total. The number of halogens is 3. The minimum absolute atomic E-state index is 0.0559. The van der Waals surface area contributed by atoms with Gasteiger partial charge in [0.15, 0.2) is 0 Å². The van der Waals surface area contributed by atoms with E-state index in [0.717, 1.165) is 30.9 Å². The molecule has 2 heterocycles. The molecule has 1 saturated carbocycles. The third-order valence-corrected chi connectivity index (χ3v) is 6.73. The van der Waals surface area contributed by atoms with E-state index < -0.39 is 18.0 Å². The molecule has 2 fully saturated rings. The quantitative estimate of drug-likeness (QED) is 0.714. The van der Waals surface area contributed by atoms with Crippen molar-refractivity contribution in [2.75, 3.05) is 13.1 Å². The van der Waals surface area contributed by atoms with E-state index >= 15 is 0 Å². The summed E-state index contributed by atoms with van der Waals surface area (Å²) in [6.45, 7) is 5.60. The number of benzene rings is 1. The number of carbonyl (C=O) groups excluding carboxylic acids is 1. The van der Waals surface area contributed by atoms with E-state index in [-0.39, 0.29) is 17.3 Å². The van der Waals surface area contributed by atoms with Crippen molar-refractivity contribution in [3.8, 4) is 11.5 Å². The SMILES string of the molecule is Cc1ccc(-c2nnc(C3([C@@H]4CCN(C(=O)[C@H](C)C(F)(F)F)C[C@@H]4C)CC3)o2)cc1. The normalized spacial score (nSPS) is 24.5. The van der Waals surface area contributed by atoms with Crippen LogP contribution in [0, 0.1) is 24.7 Å². The van der Waals surface area contributed by atoms with Crippen LogP contribution in [0.5, 0.6) is 0 Å². The number of amides is 1. The van der Waals surface area contributed by atoms with Gasteiger partial charge in [-0.15, -0.1) is 10.2 Å². The van der Waals surface area contributed by atoms with Crippen LogP contribution in [-0.2, 0) is 10.2 Å². The van der Waals surface area contributed by atoms with Gasteiger partial charge in [0.1, 0.15) is 5.92 Å². The van der Waals surface area contributed by atoms with E-state index in [2.05, 4.69) is 10.2 Å². The predicted octanol–water partition coefficient (Wildman–Crippen LogP) is 4.76. The molecule has 30 heavy (non-hydrogen) atoms. The molecular formula is C22H26F3N3O2. The van der Waals surface area contributed by atoms with Crippen LogP contribution in [0.2, 0.25) is 0 Å². The molecule has 0 spiro atoms. The maximum Gasteiger partial charge on any atom is 0.400 e. The predicted molar refractivity (Wildman–Crippen MR) is 104 cm³/mol. The summed E-state index contributed by atoms with van der Waals surface area (Å²) in [6, 6.07) is 7.87. The number of carbonyl (C=O) groups is 1. The van der Waals surface area contributed by atoms with Crippen LogP contribution in [0.25, 0.3) is 11.5 Å². The number of likely N-dealkylation sites (tertiary alicyclic amines) is 1. The number of aromatic nitrogens is 2. The summed E-state index contributed by atoms with van der Waals surface area (Å²) in [5.41, 5.74) is 1.79. The second-order valence-electron chi connectivity index (χ2n) is 8.85. The van der Waals surface area contributed by atoms with Gasteiger partial charge < -0.3 is 9.32 Å². The molecule has 0 unspecified atom stereocenters. The highest BCUT2D eigenvalue weighted by Gasteiger charge is 2.57. The van der Waals surface area contributed by atoms with Gasteiger partial charge in [-0.1, -0.05) is 24.6 Å². The molecule has 0 bridgehead atoms. The molecule has 2 aromatic rings. The first-order valence-electron chi connectivity index (χ1n) is 10.4. The fourth-order valence-corrected chi connectivity index (χ4v) is 4.70. The molecular weight excluding hydrogens is 395 g/mol. The Bertz CT molecular complexity index is 918. The van der Waals surface area contributed by atoms with Crippen molar-refractivity contribution in [3.63, 3.8) is 0 Å². The Hall–Kier alpha value is -2.38. The standard InChI is InChI=1S/C22H26F3N3O2/c1-13-4-6-16(7-5-13)18-26-27-20(30-18)21(9-10-21)17-8-11-28(12-14(17)2)19(29)15(3)22(23,24)25/h4-7,14-15,17H,8-12H2,1-3H3/t14-,15-,17+/m0/s1. The van der Waals surface area contributed by atoms with Crippen molar-refractivity contribution < 1.29 is 22.4 Å².